The molecule has 2 rings (SSSR count). The lowest BCUT2D eigenvalue weighted by Crippen LogP contribution is -2.15. The molecule has 0 amide bonds. The molecule has 0 bridgehead atoms. The molecular weight excluding hydrogens is 282 g/mol. The molecule has 0 spiro atoms. The van der Waals surface area contributed by atoms with Crippen LogP contribution in [0.2, 0.25) is 0 Å². The topological polar surface area (TPSA) is 90.2 Å². The Morgan fingerprint density at radius 2 is 1.91 bits per heavy atom. The minimum atomic E-state index is -0.138. The van der Waals surface area contributed by atoms with Gasteiger partial charge in [0.1, 0.15) is 17.3 Å². The highest BCUT2D eigenvalue weighted by Gasteiger charge is 2.02. The summed E-state index contributed by atoms with van der Waals surface area (Å²) in [5, 5.41) is 0. The third-order valence-corrected chi connectivity index (χ3v) is 3.15. The van der Waals surface area contributed by atoms with E-state index in [-0.39, 0.29) is 5.56 Å². The summed E-state index contributed by atoms with van der Waals surface area (Å²) in [5.41, 5.74) is 6.11. The van der Waals surface area contributed by atoms with E-state index < -0.39 is 0 Å². The second kappa shape index (κ2) is 8.19. The van der Waals surface area contributed by atoms with Gasteiger partial charge in [-0.3, -0.25) is 4.79 Å². The van der Waals surface area contributed by atoms with Crippen LogP contribution in [0.4, 0.5) is 0 Å². The average molecular weight is 303 g/mol. The van der Waals surface area contributed by atoms with E-state index in [1.165, 1.54) is 6.07 Å². The molecule has 0 aliphatic carbocycles. The molecule has 0 atom stereocenters. The lowest BCUT2D eigenvalue weighted by atomic mass is 10.2. The third kappa shape index (κ3) is 4.89. The number of hydrogen-bond acceptors (Lipinski definition) is 5. The van der Waals surface area contributed by atoms with E-state index >= 15 is 0 Å². The largest absolute Gasteiger partial charge is 0.497 e. The predicted octanol–water partition coefficient (Wildman–Crippen LogP) is 1.29. The third-order valence-electron chi connectivity index (χ3n) is 3.15. The highest BCUT2D eigenvalue weighted by Crippen LogP contribution is 2.16. The van der Waals surface area contributed by atoms with E-state index in [2.05, 4.69) is 9.97 Å². The number of hydrogen-bond donors (Lipinski definition) is 2. The summed E-state index contributed by atoms with van der Waals surface area (Å²) in [6, 6.07) is 8.87. The van der Waals surface area contributed by atoms with Gasteiger partial charge in [-0.1, -0.05) is 0 Å². The quantitative estimate of drug-likeness (QED) is 0.767. The molecule has 1 aromatic heterocycles. The van der Waals surface area contributed by atoms with Gasteiger partial charge in [0, 0.05) is 18.2 Å². The summed E-state index contributed by atoms with van der Waals surface area (Å²) >= 11 is 0. The fraction of sp³-hybridized carbons (Fsp3) is 0.375. The first-order chi connectivity index (χ1) is 10.7. The Morgan fingerprint density at radius 3 is 2.59 bits per heavy atom. The molecule has 0 fully saturated rings. The van der Waals surface area contributed by atoms with E-state index in [4.69, 9.17) is 15.2 Å². The van der Waals surface area contributed by atoms with Gasteiger partial charge < -0.3 is 20.2 Å². The minimum absolute atomic E-state index is 0.138. The number of methoxy groups -OCH3 is 1. The van der Waals surface area contributed by atoms with E-state index in [1.54, 1.807) is 7.11 Å². The molecule has 3 N–H and O–H groups in total. The van der Waals surface area contributed by atoms with Crippen LogP contribution in [-0.4, -0.2) is 30.2 Å². The fourth-order valence-corrected chi connectivity index (χ4v) is 2.03. The summed E-state index contributed by atoms with van der Waals surface area (Å²) in [5.74, 6) is 2.17. The number of aromatic nitrogens is 2. The number of ether oxygens (including phenoxy) is 2. The van der Waals surface area contributed by atoms with Crippen LogP contribution in [0, 0.1) is 0 Å². The summed E-state index contributed by atoms with van der Waals surface area (Å²) in [6.07, 6.45) is 2.07. The average Bonchev–Trinajstić information content (AvgIpc) is 2.53. The molecule has 22 heavy (non-hydrogen) atoms. The zero-order chi connectivity index (χ0) is 15.8. The number of nitrogens with zero attached hydrogens (tertiary/aromatic N) is 1. The number of aryl methyl sites for hydroxylation is 1. The molecule has 0 radical (unpaired) electrons. The van der Waals surface area contributed by atoms with Crippen molar-refractivity contribution in [2.45, 2.75) is 19.3 Å². The van der Waals surface area contributed by atoms with Gasteiger partial charge >= 0.3 is 0 Å². The summed E-state index contributed by atoms with van der Waals surface area (Å²) < 4.78 is 10.7. The van der Waals surface area contributed by atoms with Crippen molar-refractivity contribution in [1.82, 2.24) is 9.97 Å². The van der Waals surface area contributed by atoms with Gasteiger partial charge in [-0.05, 0) is 43.7 Å². The van der Waals surface area contributed by atoms with Gasteiger partial charge in [-0.25, -0.2) is 4.98 Å². The van der Waals surface area contributed by atoms with Crippen molar-refractivity contribution in [3.63, 3.8) is 0 Å². The van der Waals surface area contributed by atoms with Crippen LogP contribution in [0.5, 0.6) is 11.5 Å². The number of nitrogens with two attached hydrogens (primary N) is 1. The maximum atomic E-state index is 11.6. The molecule has 0 aliphatic rings. The highest BCUT2D eigenvalue weighted by atomic mass is 16.5. The Labute approximate surface area is 129 Å². The van der Waals surface area contributed by atoms with E-state index in [1.807, 2.05) is 24.3 Å². The van der Waals surface area contributed by atoms with Crippen molar-refractivity contribution in [3.05, 3.63) is 52.2 Å². The normalized spacial score (nSPS) is 10.5. The Kier molecular flexibility index (Phi) is 5.97. The molecule has 6 heteroatoms. The monoisotopic (exact) mass is 303 g/mol. The van der Waals surface area contributed by atoms with Crippen LogP contribution in [0.1, 0.15) is 17.9 Å². The first-order valence-corrected chi connectivity index (χ1v) is 7.27. The molecule has 1 heterocycles. The van der Waals surface area contributed by atoms with Crippen LogP contribution >= 0.6 is 0 Å². The first kappa shape index (κ1) is 16.0. The van der Waals surface area contributed by atoms with Crippen LogP contribution in [0.15, 0.2) is 35.1 Å². The van der Waals surface area contributed by atoms with Gasteiger partial charge in [0.25, 0.3) is 5.56 Å². The smallest absolute Gasteiger partial charge is 0.251 e. The number of H-pyrrole nitrogens is 1. The van der Waals surface area contributed by atoms with Gasteiger partial charge in [0.2, 0.25) is 0 Å². The molecule has 1 aromatic carbocycles. The molecule has 6 nitrogen and oxygen atoms in total. The van der Waals surface area contributed by atoms with Crippen molar-refractivity contribution in [1.29, 1.82) is 0 Å². The van der Waals surface area contributed by atoms with Crippen molar-refractivity contribution in [2.24, 2.45) is 5.73 Å². The summed E-state index contributed by atoms with van der Waals surface area (Å²) in [7, 11) is 1.62. The van der Waals surface area contributed by atoms with Crippen molar-refractivity contribution >= 4 is 0 Å². The Morgan fingerprint density at radius 1 is 1.18 bits per heavy atom. The van der Waals surface area contributed by atoms with Gasteiger partial charge in [-0.2, -0.15) is 0 Å². The van der Waals surface area contributed by atoms with Gasteiger partial charge in [-0.15, -0.1) is 0 Å². The number of nitrogens with one attached hydrogen (secondary N) is 1. The van der Waals surface area contributed by atoms with Crippen LogP contribution in [0.25, 0.3) is 0 Å². The fourth-order valence-electron chi connectivity index (χ4n) is 2.03. The van der Waals surface area contributed by atoms with Crippen molar-refractivity contribution in [3.8, 4) is 11.5 Å². The van der Waals surface area contributed by atoms with Crippen molar-refractivity contribution in [2.75, 3.05) is 20.3 Å². The van der Waals surface area contributed by atoms with Crippen molar-refractivity contribution < 1.29 is 9.47 Å². The minimum Gasteiger partial charge on any atom is -0.497 e. The van der Waals surface area contributed by atoms with Gasteiger partial charge in [0.15, 0.2) is 0 Å². The van der Waals surface area contributed by atoms with E-state index in [9.17, 15) is 4.79 Å². The zero-order valence-electron chi connectivity index (χ0n) is 12.7. The standard InChI is InChI=1S/C16H21N3O3/c1-21-13-4-6-14(7-5-13)22-10-8-15-18-12(3-2-9-17)11-16(20)19-15/h4-7,11H,2-3,8-10,17H2,1H3,(H,18,19,20). The zero-order valence-corrected chi connectivity index (χ0v) is 12.7. The molecular formula is C16H21N3O3. The predicted molar refractivity (Wildman–Crippen MR) is 84.4 cm³/mol. The summed E-state index contributed by atoms with van der Waals surface area (Å²) in [4.78, 5) is 18.7. The summed E-state index contributed by atoms with van der Waals surface area (Å²) in [6.45, 7) is 1.03. The lowest BCUT2D eigenvalue weighted by Gasteiger charge is -2.07. The van der Waals surface area contributed by atoms with Gasteiger partial charge in [0.05, 0.1) is 13.7 Å². The Hall–Kier alpha value is -2.34. The van der Waals surface area contributed by atoms with Crippen LogP contribution in [0.3, 0.4) is 0 Å². The maximum Gasteiger partial charge on any atom is 0.251 e. The van der Waals surface area contributed by atoms with Crippen LogP contribution < -0.4 is 20.8 Å². The molecule has 0 saturated heterocycles. The number of benzene rings is 1. The number of aromatic amines is 1. The van der Waals surface area contributed by atoms with E-state index in [0.29, 0.717) is 31.8 Å². The SMILES string of the molecule is COc1ccc(OCCc2nc(CCCN)cc(=O)[nH]2)cc1. The number of rotatable bonds is 8. The maximum absolute atomic E-state index is 11.6. The molecule has 2 aromatic rings. The second-order valence-electron chi connectivity index (χ2n) is 4.85. The lowest BCUT2D eigenvalue weighted by molar-refractivity contribution is 0.317. The molecule has 0 unspecified atom stereocenters. The molecule has 0 saturated carbocycles. The second-order valence-corrected chi connectivity index (χ2v) is 4.85. The van der Waals surface area contributed by atoms with Crippen LogP contribution in [-0.2, 0) is 12.8 Å². The van der Waals surface area contributed by atoms with E-state index in [0.717, 1.165) is 23.6 Å². The Balaban J connectivity index is 1.90. The highest BCUT2D eigenvalue weighted by molar-refractivity contribution is 5.31. The Bertz CT molecular complexity index is 638. The molecule has 0 aliphatic heterocycles. The first-order valence-electron chi connectivity index (χ1n) is 7.27. The molecule has 118 valence electrons.